The van der Waals surface area contributed by atoms with Gasteiger partial charge in [0.05, 0.1) is 19.3 Å². The molecule has 1 aromatic rings. The quantitative estimate of drug-likeness (QED) is 0.607. The molecule has 1 aromatic carbocycles. The van der Waals surface area contributed by atoms with Gasteiger partial charge in [-0.15, -0.1) is 0 Å². The van der Waals surface area contributed by atoms with Gasteiger partial charge in [0.25, 0.3) is 5.91 Å². The van der Waals surface area contributed by atoms with E-state index in [9.17, 15) is 14.7 Å². The van der Waals surface area contributed by atoms with E-state index in [0.717, 1.165) is 25.4 Å². The van der Waals surface area contributed by atoms with Crippen LogP contribution in [0.15, 0.2) is 24.3 Å². The number of nitrogens with zero attached hydrogens (tertiary/aromatic N) is 2. The van der Waals surface area contributed by atoms with Crippen LogP contribution in [0.3, 0.4) is 0 Å². The molecule has 2 saturated heterocycles. The fourth-order valence-electron chi connectivity index (χ4n) is 3.49. The molecule has 0 aromatic heterocycles. The molecule has 2 amide bonds. The Morgan fingerprint density at radius 2 is 1.93 bits per heavy atom. The molecule has 0 spiro atoms. The lowest BCUT2D eigenvalue weighted by molar-refractivity contribution is -0.135. The van der Waals surface area contributed by atoms with E-state index in [4.69, 9.17) is 4.74 Å². The molecule has 2 unspecified atom stereocenters. The summed E-state index contributed by atoms with van der Waals surface area (Å²) in [5, 5.41) is 15.6. The number of nitrogens with one attached hydrogen (secondary N) is 2. The smallest absolute Gasteiger partial charge is 0.251 e. The summed E-state index contributed by atoms with van der Waals surface area (Å²) in [6.07, 6.45) is 0.0748. The highest BCUT2D eigenvalue weighted by Gasteiger charge is 2.32. The van der Waals surface area contributed by atoms with E-state index in [2.05, 4.69) is 15.5 Å². The number of methoxy groups -OCH3 is 1. The molecule has 0 aliphatic carbocycles. The van der Waals surface area contributed by atoms with E-state index < -0.39 is 6.10 Å². The van der Waals surface area contributed by atoms with Crippen LogP contribution >= 0.6 is 0 Å². The first kappa shape index (κ1) is 19.6. The standard InChI is InChI=1S/C19H28N4O4/c1-27-16-4-2-14(3-5-16)18(25)20-6-7-22-8-10-23(11-9-22)19(26)17-12-15(24)13-21-17/h2-5,15,17,21,24H,6-13H2,1H3,(H,20,25). The van der Waals surface area contributed by atoms with Gasteiger partial charge in [-0.2, -0.15) is 0 Å². The van der Waals surface area contributed by atoms with Gasteiger partial charge in [0.2, 0.25) is 5.91 Å². The molecular weight excluding hydrogens is 348 g/mol. The van der Waals surface area contributed by atoms with Crippen molar-refractivity contribution in [2.75, 3.05) is 52.9 Å². The van der Waals surface area contributed by atoms with E-state index in [1.54, 1.807) is 31.4 Å². The largest absolute Gasteiger partial charge is 0.497 e. The third-order valence-electron chi connectivity index (χ3n) is 5.16. The lowest BCUT2D eigenvalue weighted by atomic mass is 10.1. The van der Waals surface area contributed by atoms with Crippen molar-refractivity contribution in [2.45, 2.75) is 18.6 Å². The van der Waals surface area contributed by atoms with Crippen LogP contribution in [0.5, 0.6) is 5.75 Å². The van der Waals surface area contributed by atoms with E-state index in [1.165, 1.54) is 0 Å². The summed E-state index contributed by atoms with van der Waals surface area (Å²) in [5.74, 6) is 0.706. The molecule has 148 valence electrons. The second kappa shape index (κ2) is 9.16. The van der Waals surface area contributed by atoms with Gasteiger partial charge < -0.3 is 25.4 Å². The number of aliphatic hydroxyl groups excluding tert-OH is 1. The number of benzene rings is 1. The Kier molecular flexibility index (Phi) is 6.65. The molecule has 2 heterocycles. The summed E-state index contributed by atoms with van der Waals surface area (Å²) in [6.45, 7) is 4.75. The molecule has 2 atom stereocenters. The lowest BCUT2D eigenvalue weighted by Gasteiger charge is -2.35. The average Bonchev–Trinajstić information content (AvgIpc) is 3.14. The van der Waals surface area contributed by atoms with E-state index >= 15 is 0 Å². The average molecular weight is 376 g/mol. The zero-order valence-electron chi connectivity index (χ0n) is 15.7. The third-order valence-corrected chi connectivity index (χ3v) is 5.16. The Morgan fingerprint density at radius 1 is 1.22 bits per heavy atom. The molecule has 3 rings (SSSR count). The van der Waals surface area contributed by atoms with Gasteiger partial charge in [0.1, 0.15) is 5.75 Å². The summed E-state index contributed by atoms with van der Waals surface area (Å²) in [4.78, 5) is 28.7. The number of β-amino-alcohol motifs (C(OH)–C–C–N with tert-alkyl or cyclic N) is 1. The fraction of sp³-hybridized carbons (Fsp3) is 0.579. The number of carbonyl (C=O) groups excluding carboxylic acids is 2. The minimum absolute atomic E-state index is 0.0824. The Labute approximate surface area is 159 Å². The Balaban J connectivity index is 1.35. The number of rotatable bonds is 6. The van der Waals surface area contributed by atoms with Crippen LogP contribution in [0.25, 0.3) is 0 Å². The normalized spacial score (nSPS) is 23.3. The SMILES string of the molecule is COc1ccc(C(=O)NCCN2CCN(C(=O)C3CC(O)CN3)CC2)cc1. The summed E-state index contributed by atoms with van der Waals surface area (Å²) >= 11 is 0. The highest BCUT2D eigenvalue weighted by atomic mass is 16.5. The van der Waals surface area contributed by atoms with Crippen LogP contribution < -0.4 is 15.4 Å². The zero-order chi connectivity index (χ0) is 19.2. The topological polar surface area (TPSA) is 94.1 Å². The highest BCUT2D eigenvalue weighted by Crippen LogP contribution is 2.12. The molecule has 2 aliphatic rings. The summed E-state index contributed by atoms with van der Waals surface area (Å²) < 4.78 is 5.09. The number of ether oxygens (including phenoxy) is 1. The number of piperazine rings is 1. The molecule has 8 nitrogen and oxygen atoms in total. The summed E-state index contributed by atoms with van der Waals surface area (Å²) in [6, 6.07) is 6.77. The van der Waals surface area contributed by atoms with Crippen molar-refractivity contribution >= 4 is 11.8 Å². The summed E-state index contributed by atoms with van der Waals surface area (Å²) in [7, 11) is 1.59. The first-order chi connectivity index (χ1) is 13.1. The van der Waals surface area contributed by atoms with Crippen molar-refractivity contribution in [1.29, 1.82) is 0 Å². The molecule has 27 heavy (non-hydrogen) atoms. The second-order valence-corrected chi connectivity index (χ2v) is 7.00. The van der Waals surface area contributed by atoms with Gasteiger partial charge in [0.15, 0.2) is 0 Å². The molecule has 8 heteroatoms. The van der Waals surface area contributed by atoms with Crippen LogP contribution in [0.2, 0.25) is 0 Å². The minimum atomic E-state index is -0.422. The molecule has 0 bridgehead atoms. The van der Waals surface area contributed by atoms with Gasteiger partial charge in [-0.25, -0.2) is 0 Å². The lowest BCUT2D eigenvalue weighted by Crippen LogP contribution is -2.53. The predicted molar refractivity (Wildman–Crippen MR) is 101 cm³/mol. The molecule has 0 radical (unpaired) electrons. The van der Waals surface area contributed by atoms with Crippen LogP contribution in [-0.4, -0.2) is 91.8 Å². The highest BCUT2D eigenvalue weighted by molar-refractivity contribution is 5.94. The number of hydrogen-bond acceptors (Lipinski definition) is 6. The monoisotopic (exact) mass is 376 g/mol. The van der Waals surface area contributed by atoms with Gasteiger partial charge >= 0.3 is 0 Å². The van der Waals surface area contributed by atoms with Crippen LogP contribution in [0.4, 0.5) is 0 Å². The Bertz CT molecular complexity index is 644. The number of hydrogen-bond donors (Lipinski definition) is 3. The van der Waals surface area contributed by atoms with E-state index in [-0.39, 0.29) is 17.9 Å². The van der Waals surface area contributed by atoms with Crippen molar-refractivity contribution in [2.24, 2.45) is 0 Å². The molecule has 2 aliphatic heterocycles. The molecule has 0 saturated carbocycles. The molecule has 2 fully saturated rings. The van der Waals surface area contributed by atoms with Crippen LogP contribution in [-0.2, 0) is 4.79 Å². The van der Waals surface area contributed by atoms with Crippen molar-refractivity contribution < 1.29 is 19.4 Å². The summed E-state index contributed by atoms with van der Waals surface area (Å²) in [5.41, 5.74) is 0.609. The molecule has 3 N–H and O–H groups in total. The van der Waals surface area contributed by atoms with Gasteiger partial charge in [0, 0.05) is 51.4 Å². The van der Waals surface area contributed by atoms with Crippen LogP contribution in [0.1, 0.15) is 16.8 Å². The van der Waals surface area contributed by atoms with E-state index in [1.807, 2.05) is 4.90 Å². The van der Waals surface area contributed by atoms with Gasteiger partial charge in [-0.3, -0.25) is 14.5 Å². The molecular formula is C19H28N4O4. The van der Waals surface area contributed by atoms with Crippen molar-refractivity contribution in [3.63, 3.8) is 0 Å². The van der Waals surface area contributed by atoms with Crippen molar-refractivity contribution in [1.82, 2.24) is 20.4 Å². The fourth-order valence-corrected chi connectivity index (χ4v) is 3.49. The second-order valence-electron chi connectivity index (χ2n) is 7.00. The minimum Gasteiger partial charge on any atom is -0.497 e. The number of aliphatic hydroxyl groups is 1. The van der Waals surface area contributed by atoms with Crippen molar-refractivity contribution in [3.8, 4) is 5.75 Å². The van der Waals surface area contributed by atoms with Crippen LogP contribution in [0, 0.1) is 0 Å². The third kappa shape index (κ3) is 5.18. The number of amides is 2. The van der Waals surface area contributed by atoms with Gasteiger partial charge in [-0.1, -0.05) is 0 Å². The van der Waals surface area contributed by atoms with Gasteiger partial charge in [-0.05, 0) is 30.7 Å². The Hall–Kier alpha value is -2.16. The zero-order valence-corrected chi connectivity index (χ0v) is 15.7. The maximum atomic E-state index is 12.4. The maximum absolute atomic E-state index is 12.4. The first-order valence-corrected chi connectivity index (χ1v) is 9.41. The van der Waals surface area contributed by atoms with Crippen molar-refractivity contribution in [3.05, 3.63) is 29.8 Å². The maximum Gasteiger partial charge on any atom is 0.251 e. The first-order valence-electron chi connectivity index (χ1n) is 9.41. The predicted octanol–water partition coefficient (Wildman–Crippen LogP) is -0.708. The van der Waals surface area contributed by atoms with E-state index in [0.29, 0.717) is 38.2 Å². The Morgan fingerprint density at radius 3 is 2.52 bits per heavy atom. The number of carbonyl (C=O) groups is 2.